The number of hydrogen-bond acceptors (Lipinski definition) is 2. The summed E-state index contributed by atoms with van der Waals surface area (Å²) in [5.74, 6) is 0.512. The second kappa shape index (κ2) is 3.93. The first-order chi connectivity index (χ1) is 7.18. The second-order valence-electron chi connectivity index (χ2n) is 4.25. The van der Waals surface area contributed by atoms with E-state index >= 15 is 0 Å². The normalized spacial score (nSPS) is 20.2. The summed E-state index contributed by atoms with van der Waals surface area (Å²) in [5, 5.41) is 6.34. The van der Waals surface area contributed by atoms with Crippen molar-refractivity contribution in [1.82, 2.24) is 5.32 Å². The van der Waals surface area contributed by atoms with E-state index < -0.39 is 0 Å². The molecule has 0 fully saturated rings. The number of para-hydroxylation sites is 1. The Morgan fingerprint density at radius 3 is 2.80 bits per heavy atom. The van der Waals surface area contributed by atoms with Crippen molar-refractivity contribution in [2.75, 3.05) is 11.9 Å². The van der Waals surface area contributed by atoms with Gasteiger partial charge >= 0.3 is 0 Å². The Labute approximate surface area is 89.9 Å². The minimum Gasteiger partial charge on any atom is -0.380 e. The van der Waals surface area contributed by atoms with E-state index in [1.54, 1.807) is 0 Å². The van der Waals surface area contributed by atoms with Gasteiger partial charge in [-0.25, -0.2) is 0 Å². The largest absolute Gasteiger partial charge is 0.380 e. The van der Waals surface area contributed by atoms with Gasteiger partial charge in [-0.15, -0.1) is 0 Å². The van der Waals surface area contributed by atoms with Crippen molar-refractivity contribution in [2.45, 2.75) is 19.9 Å². The quantitative estimate of drug-likeness (QED) is 0.733. The Morgan fingerprint density at radius 1 is 1.33 bits per heavy atom. The molecule has 2 N–H and O–H groups in total. The Bertz CT molecular complexity index is 374. The van der Waals surface area contributed by atoms with Gasteiger partial charge < -0.3 is 10.6 Å². The van der Waals surface area contributed by atoms with Gasteiger partial charge in [0, 0.05) is 18.3 Å². The predicted molar refractivity (Wildman–Crippen MR) is 61.0 cm³/mol. The highest BCUT2D eigenvalue weighted by Crippen LogP contribution is 2.20. The number of fused-ring (bicyclic) bond motifs is 1. The third-order valence-electron chi connectivity index (χ3n) is 2.80. The van der Waals surface area contributed by atoms with Gasteiger partial charge in [0.2, 0.25) is 0 Å². The molecule has 0 aliphatic carbocycles. The van der Waals surface area contributed by atoms with Crippen LogP contribution in [0, 0.1) is 5.92 Å². The predicted octanol–water partition coefficient (Wildman–Crippen LogP) is 1.87. The molecule has 0 bridgehead atoms. The fourth-order valence-electron chi connectivity index (χ4n) is 1.76. The summed E-state index contributed by atoms with van der Waals surface area (Å²) in [4.78, 5) is 11.7. The Balaban J connectivity index is 2.33. The maximum atomic E-state index is 11.7. The maximum absolute atomic E-state index is 11.7. The molecule has 15 heavy (non-hydrogen) atoms. The van der Waals surface area contributed by atoms with Crippen molar-refractivity contribution in [3.8, 4) is 0 Å². The van der Waals surface area contributed by atoms with Gasteiger partial charge in [-0.05, 0) is 18.1 Å². The molecule has 1 aromatic rings. The lowest BCUT2D eigenvalue weighted by Gasteiger charge is -2.21. The van der Waals surface area contributed by atoms with E-state index in [0.717, 1.165) is 11.3 Å². The second-order valence-corrected chi connectivity index (χ2v) is 4.25. The van der Waals surface area contributed by atoms with Gasteiger partial charge in [-0.2, -0.15) is 0 Å². The lowest BCUT2D eigenvalue weighted by Crippen LogP contribution is -2.36. The standard InChI is InChI=1S/C12H16N2O/c1-8(2)11-7-13-12(15)9-5-3-4-6-10(9)14-11/h3-6,8,11,14H,7H2,1-2H3,(H,13,15)/t11-/m0/s1. The number of amides is 1. The Kier molecular flexibility index (Phi) is 2.62. The van der Waals surface area contributed by atoms with E-state index in [4.69, 9.17) is 0 Å². The van der Waals surface area contributed by atoms with Gasteiger partial charge in [0.25, 0.3) is 5.91 Å². The van der Waals surface area contributed by atoms with Crippen molar-refractivity contribution >= 4 is 11.6 Å². The van der Waals surface area contributed by atoms with Crippen LogP contribution in [0.2, 0.25) is 0 Å². The van der Waals surface area contributed by atoms with Crippen LogP contribution in [0.4, 0.5) is 5.69 Å². The molecule has 0 saturated heterocycles. The molecule has 1 aliphatic heterocycles. The topological polar surface area (TPSA) is 41.1 Å². The number of benzene rings is 1. The van der Waals surface area contributed by atoms with E-state index in [2.05, 4.69) is 24.5 Å². The Morgan fingerprint density at radius 2 is 2.07 bits per heavy atom. The summed E-state index contributed by atoms with van der Waals surface area (Å²) in [6.07, 6.45) is 0. The lowest BCUT2D eigenvalue weighted by atomic mass is 10.0. The van der Waals surface area contributed by atoms with Gasteiger partial charge in [-0.3, -0.25) is 4.79 Å². The number of nitrogens with one attached hydrogen (secondary N) is 2. The van der Waals surface area contributed by atoms with Crippen molar-refractivity contribution in [3.05, 3.63) is 29.8 Å². The summed E-state index contributed by atoms with van der Waals surface area (Å²) in [6.45, 7) is 4.99. The van der Waals surface area contributed by atoms with Crippen LogP contribution in [0.5, 0.6) is 0 Å². The number of carbonyl (C=O) groups is 1. The van der Waals surface area contributed by atoms with E-state index in [1.165, 1.54) is 0 Å². The van der Waals surface area contributed by atoms with Crippen molar-refractivity contribution in [2.24, 2.45) is 5.92 Å². The molecule has 1 heterocycles. The smallest absolute Gasteiger partial charge is 0.253 e. The van der Waals surface area contributed by atoms with Crippen molar-refractivity contribution in [1.29, 1.82) is 0 Å². The minimum absolute atomic E-state index is 0.0150. The molecule has 2 rings (SSSR count). The van der Waals surface area contributed by atoms with Crippen LogP contribution in [-0.4, -0.2) is 18.5 Å². The zero-order chi connectivity index (χ0) is 10.8. The molecule has 0 radical (unpaired) electrons. The SMILES string of the molecule is CC(C)[C@@H]1CNC(=O)c2ccccc2N1. The molecule has 1 aromatic carbocycles. The van der Waals surface area contributed by atoms with Crippen LogP contribution in [0.1, 0.15) is 24.2 Å². The first-order valence-electron chi connectivity index (χ1n) is 5.32. The molecule has 80 valence electrons. The molecular formula is C12H16N2O. The van der Waals surface area contributed by atoms with Gasteiger partial charge in [0.1, 0.15) is 0 Å². The molecule has 0 aromatic heterocycles. The number of rotatable bonds is 1. The molecule has 1 aliphatic rings. The zero-order valence-corrected chi connectivity index (χ0v) is 9.08. The van der Waals surface area contributed by atoms with Gasteiger partial charge in [0.15, 0.2) is 0 Å². The monoisotopic (exact) mass is 204 g/mol. The fraction of sp³-hybridized carbons (Fsp3) is 0.417. The van der Waals surface area contributed by atoms with E-state index in [0.29, 0.717) is 18.5 Å². The number of hydrogen-bond donors (Lipinski definition) is 2. The van der Waals surface area contributed by atoms with E-state index in [1.807, 2.05) is 24.3 Å². The average molecular weight is 204 g/mol. The highest BCUT2D eigenvalue weighted by atomic mass is 16.1. The summed E-state index contributed by atoms with van der Waals surface area (Å²) < 4.78 is 0. The first kappa shape index (κ1) is 10.0. The minimum atomic E-state index is 0.0150. The third kappa shape index (κ3) is 1.96. The molecule has 1 atom stereocenters. The highest BCUT2D eigenvalue weighted by molar-refractivity contribution is 6.00. The lowest BCUT2D eigenvalue weighted by molar-refractivity contribution is 0.0954. The molecule has 3 nitrogen and oxygen atoms in total. The van der Waals surface area contributed by atoms with Crippen LogP contribution in [-0.2, 0) is 0 Å². The van der Waals surface area contributed by atoms with E-state index in [9.17, 15) is 4.79 Å². The fourth-order valence-corrected chi connectivity index (χ4v) is 1.76. The maximum Gasteiger partial charge on any atom is 0.253 e. The molecule has 1 amide bonds. The summed E-state index contributed by atoms with van der Waals surface area (Å²) in [5.41, 5.74) is 1.67. The number of carbonyl (C=O) groups excluding carboxylic acids is 1. The van der Waals surface area contributed by atoms with Gasteiger partial charge in [-0.1, -0.05) is 26.0 Å². The van der Waals surface area contributed by atoms with Crippen molar-refractivity contribution < 1.29 is 4.79 Å². The molecule has 3 heteroatoms. The average Bonchev–Trinajstić information content (AvgIpc) is 2.39. The van der Waals surface area contributed by atoms with Crippen LogP contribution < -0.4 is 10.6 Å². The molecule has 0 spiro atoms. The van der Waals surface area contributed by atoms with Gasteiger partial charge in [0.05, 0.1) is 5.56 Å². The van der Waals surface area contributed by atoms with Crippen molar-refractivity contribution in [3.63, 3.8) is 0 Å². The summed E-state index contributed by atoms with van der Waals surface area (Å²) in [6, 6.07) is 7.94. The summed E-state index contributed by atoms with van der Waals surface area (Å²) >= 11 is 0. The van der Waals surface area contributed by atoms with E-state index in [-0.39, 0.29) is 5.91 Å². The highest BCUT2D eigenvalue weighted by Gasteiger charge is 2.21. The Hall–Kier alpha value is -1.51. The summed E-state index contributed by atoms with van der Waals surface area (Å²) in [7, 11) is 0. The molecule has 0 unspecified atom stereocenters. The molecule has 0 saturated carbocycles. The van der Waals surface area contributed by atoms with Crippen LogP contribution in [0.25, 0.3) is 0 Å². The first-order valence-corrected chi connectivity index (χ1v) is 5.32. The third-order valence-corrected chi connectivity index (χ3v) is 2.80. The van der Waals surface area contributed by atoms with Crippen LogP contribution in [0.15, 0.2) is 24.3 Å². The molecular weight excluding hydrogens is 188 g/mol. The number of anilines is 1. The van der Waals surface area contributed by atoms with Crippen LogP contribution in [0.3, 0.4) is 0 Å². The van der Waals surface area contributed by atoms with Crippen LogP contribution >= 0.6 is 0 Å². The zero-order valence-electron chi connectivity index (χ0n) is 9.08.